The van der Waals surface area contributed by atoms with Crippen molar-refractivity contribution in [1.29, 1.82) is 0 Å². The third-order valence-electron chi connectivity index (χ3n) is 4.18. The molecule has 0 unspecified atom stereocenters. The van der Waals surface area contributed by atoms with Crippen LogP contribution in [-0.2, 0) is 22.6 Å². The Balaban J connectivity index is 1.67. The molecule has 2 aliphatic rings. The second kappa shape index (κ2) is 5.93. The third kappa shape index (κ3) is 2.86. The Labute approximate surface area is 119 Å². The van der Waals surface area contributed by atoms with E-state index in [1.165, 1.54) is 0 Å². The quantitative estimate of drug-likeness (QED) is 0.800. The van der Waals surface area contributed by atoms with Gasteiger partial charge in [-0.1, -0.05) is 0 Å². The highest BCUT2D eigenvalue weighted by molar-refractivity contribution is 5.78. The van der Waals surface area contributed by atoms with Crippen molar-refractivity contribution < 1.29 is 9.53 Å². The van der Waals surface area contributed by atoms with Crippen LogP contribution < -0.4 is 0 Å². The summed E-state index contributed by atoms with van der Waals surface area (Å²) < 4.78 is 7.49. The first-order valence-electron chi connectivity index (χ1n) is 7.30. The van der Waals surface area contributed by atoms with Crippen molar-refractivity contribution in [1.82, 2.24) is 19.6 Å². The molecule has 0 bridgehead atoms. The van der Waals surface area contributed by atoms with E-state index in [0.717, 1.165) is 51.3 Å². The molecular weight excluding hydrogens is 256 g/mol. The van der Waals surface area contributed by atoms with Crippen molar-refractivity contribution in [2.75, 3.05) is 33.3 Å². The minimum absolute atomic E-state index is 0.0857. The van der Waals surface area contributed by atoms with E-state index in [0.29, 0.717) is 6.54 Å². The van der Waals surface area contributed by atoms with Crippen LogP contribution in [0.15, 0.2) is 12.3 Å². The maximum Gasteiger partial charge on any atom is 0.236 e. The van der Waals surface area contributed by atoms with Crippen molar-refractivity contribution >= 4 is 5.91 Å². The number of methoxy groups -OCH3 is 1. The molecule has 6 nitrogen and oxygen atoms in total. The van der Waals surface area contributed by atoms with Gasteiger partial charge in [0.15, 0.2) is 0 Å². The molecule has 6 heteroatoms. The topological polar surface area (TPSA) is 50.6 Å². The highest BCUT2D eigenvalue weighted by Gasteiger charge is 2.26. The molecule has 0 aliphatic carbocycles. The second-order valence-corrected chi connectivity index (χ2v) is 5.62. The van der Waals surface area contributed by atoms with Gasteiger partial charge in [0.05, 0.1) is 24.9 Å². The lowest BCUT2D eigenvalue weighted by Crippen LogP contribution is -2.41. The van der Waals surface area contributed by atoms with Crippen molar-refractivity contribution in [3.8, 4) is 0 Å². The van der Waals surface area contributed by atoms with Crippen molar-refractivity contribution in [3.05, 3.63) is 18.0 Å². The Morgan fingerprint density at radius 1 is 1.40 bits per heavy atom. The van der Waals surface area contributed by atoms with E-state index in [4.69, 9.17) is 4.74 Å². The van der Waals surface area contributed by atoms with Crippen LogP contribution in [-0.4, -0.2) is 64.9 Å². The number of hydrogen-bond acceptors (Lipinski definition) is 4. The summed E-state index contributed by atoms with van der Waals surface area (Å²) in [6, 6.07) is 2.02. The summed E-state index contributed by atoms with van der Waals surface area (Å²) in [5.74, 6) is 0.241. The van der Waals surface area contributed by atoms with Gasteiger partial charge in [-0.15, -0.1) is 0 Å². The van der Waals surface area contributed by atoms with Gasteiger partial charge in [0, 0.05) is 39.5 Å². The molecule has 0 N–H and O–H groups in total. The van der Waals surface area contributed by atoms with Gasteiger partial charge >= 0.3 is 0 Å². The Bertz CT molecular complexity index is 467. The summed E-state index contributed by atoms with van der Waals surface area (Å²) in [5, 5.41) is 4.32. The van der Waals surface area contributed by atoms with E-state index in [1.807, 2.05) is 21.8 Å². The van der Waals surface area contributed by atoms with Crippen molar-refractivity contribution in [3.63, 3.8) is 0 Å². The lowest BCUT2D eigenvalue weighted by molar-refractivity contribution is -0.131. The summed E-state index contributed by atoms with van der Waals surface area (Å²) in [6.07, 6.45) is 4.18. The first-order chi connectivity index (χ1) is 9.76. The summed E-state index contributed by atoms with van der Waals surface area (Å²) in [4.78, 5) is 16.4. The number of fused-ring (bicyclic) bond motifs is 1. The maximum absolute atomic E-state index is 12.3. The van der Waals surface area contributed by atoms with E-state index in [-0.39, 0.29) is 12.0 Å². The largest absolute Gasteiger partial charge is 0.378 e. The van der Waals surface area contributed by atoms with Crippen LogP contribution in [0.5, 0.6) is 0 Å². The van der Waals surface area contributed by atoms with Gasteiger partial charge < -0.3 is 9.64 Å². The van der Waals surface area contributed by atoms with E-state index in [2.05, 4.69) is 10.00 Å². The molecule has 3 heterocycles. The second-order valence-electron chi connectivity index (χ2n) is 5.62. The average Bonchev–Trinajstić information content (AvgIpc) is 3.08. The van der Waals surface area contributed by atoms with E-state index >= 15 is 0 Å². The monoisotopic (exact) mass is 278 g/mol. The number of amides is 1. The number of carbonyl (C=O) groups excluding carboxylic acids is 1. The molecule has 20 heavy (non-hydrogen) atoms. The lowest BCUT2D eigenvalue weighted by Gasteiger charge is -2.25. The predicted molar refractivity (Wildman–Crippen MR) is 74.1 cm³/mol. The van der Waals surface area contributed by atoms with Gasteiger partial charge in [-0.25, -0.2) is 0 Å². The number of likely N-dealkylation sites (tertiary alicyclic amines) is 1. The highest BCUT2D eigenvalue weighted by atomic mass is 16.5. The van der Waals surface area contributed by atoms with Crippen LogP contribution in [0, 0.1) is 0 Å². The summed E-state index contributed by atoms with van der Waals surface area (Å²) in [5.41, 5.74) is 1.15. The molecule has 1 aromatic heterocycles. The zero-order chi connectivity index (χ0) is 13.9. The Morgan fingerprint density at radius 3 is 2.95 bits per heavy atom. The summed E-state index contributed by atoms with van der Waals surface area (Å²) in [6.45, 7) is 4.60. The van der Waals surface area contributed by atoms with Crippen LogP contribution >= 0.6 is 0 Å². The van der Waals surface area contributed by atoms with Gasteiger partial charge in [0.25, 0.3) is 0 Å². The zero-order valence-corrected chi connectivity index (χ0v) is 12.0. The zero-order valence-electron chi connectivity index (χ0n) is 12.0. The molecule has 2 aliphatic heterocycles. The smallest absolute Gasteiger partial charge is 0.236 e. The molecule has 0 aromatic carbocycles. The van der Waals surface area contributed by atoms with Crippen molar-refractivity contribution in [2.45, 2.75) is 32.0 Å². The van der Waals surface area contributed by atoms with Gasteiger partial charge in [-0.05, 0) is 18.9 Å². The molecule has 1 amide bonds. The van der Waals surface area contributed by atoms with Gasteiger partial charge in [-0.3, -0.25) is 14.4 Å². The van der Waals surface area contributed by atoms with Crippen LogP contribution in [0.2, 0.25) is 0 Å². The first-order valence-corrected chi connectivity index (χ1v) is 7.30. The fourth-order valence-corrected chi connectivity index (χ4v) is 3.02. The molecular formula is C14H22N4O2. The SMILES string of the molecule is CO[C@@H]1CN(CC(=O)N2CCCC2)Cc2ccnn2C1. The van der Waals surface area contributed by atoms with Crippen LogP contribution in [0.4, 0.5) is 0 Å². The first kappa shape index (κ1) is 13.6. The Kier molecular flexibility index (Phi) is 4.03. The lowest BCUT2D eigenvalue weighted by atomic mass is 10.3. The number of ether oxygens (including phenoxy) is 1. The third-order valence-corrected chi connectivity index (χ3v) is 4.18. The molecule has 1 saturated heterocycles. The number of rotatable bonds is 3. The minimum atomic E-state index is 0.0857. The normalized spacial score (nSPS) is 23.6. The van der Waals surface area contributed by atoms with E-state index in [1.54, 1.807) is 7.11 Å². The molecule has 3 rings (SSSR count). The number of aromatic nitrogens is 2. The van der Waals surface area contributed by atoms with Crippen LogP contribution in [0.25, 0.3) is 0 Å². The molecule has 0 radical (unpaired) electrons. The Morgan fingerprint density at radius 2 is 2.20 bits per heavy atom. The standard InChI is InChI=1S/C14H22N4O2/c1-20-13-9-16(8-12-4-5-15-18(12)10-13)11-14(19)17-6-2-3-7-17/h4-5,13H,2-3,6-11H2,1H3/t13-/m1/s1. The summed E-state index contributed by atoms with van der Waals surface area (Å²) in [7, 11) is 1.72. The molecule has 0 saturated carbocycles. The number of nitrogens with zero attached hydrogens (tertiary/aromatic N) is 4. The predicted octanol–water partition coefficient (Wildman–Crippen LogP) is 0.336. The molecule has 0 spiro atoms. The Hall–Kier alpha value is -1.40. The molecule has 1 fully saturated rings. The number of hydrogen-bond donors (Lipinski definition) is 0. The van der Waals surface area contributed by atoms with Crippen LogP contribution in [0.3, 0.4) is 0 Å². The molecule has 1 atom stereocenters. The van der Waals surface area contributed by atoms with Gasteiger partial charge in [-0.2, -0.15) is 5.10 Å². The van der Waals surface area contributed by atoms with Crippen LogP contribution in [0.1, 0.15) is 18.5 Å². The minimum Gasteiger partial charge on any atom is -0.378 e. The van der Waals surface area contributed by atoms with Crippen molar-refractivity contribution in [2.24, 2.45) is 0 Å². The molecule has 1 aromatic rings. The fourth-order valence-electron chi connectivity index (χ4n) is 3.02. The van der Waals surface area contributed by atoms with Gasteiger partial charge in [0.1, 0.15) is 0 Å². The van der Waals surface area contributed by atoms with Gasteiger partial charge in [0.2, 0.25) is 5.91 Å². The van der Waals surface area contributed by atoms with E-state index in [9.17, 15) is 4.79 Å². The maximum atomic E-state index is 12.3. The fraction of sp³-hybridized carbons (Fsp3) is 0.714. The van der Waals surface area contributed by atoms with E-state index < -0.39 is 0 Å². The summed E-state index contributed by atoms with van der Waals surface area (Å²) >= 11 is 0. The number of carbonyl (C=O) groups is 1. The average molecular weight is 278 g/mol. The molecule has 110 valence electrons. The highest BCUT2D eigenvalue weighted by Crippen LogP contribution is 2.14.